The van der Waals surface area contributed by atoms with Gasteiger partial charge in [0, 0.05) is 10.8 Å². The van der Waals surface area contributed by atoms with E-state index in [4.69, 9.17) is 4.43 Å². The van der Waals surface area contributed by atoms with Crippen molar-refractivity contribution in [2.45, 2.75) is 77.1 Å². The molecule has 0 unspecified atom stereocenters. The molecule has 5 aliphatic rings. The summed E-state index contributed by atoms with van der Waals surface area (Å²) in [5.41, 5.74) is 0.694. The predicted octanol–water partition coefficient (Wildman–Crippen LogP) is 4.51. The number of aliphatic hydroxyl groups is 1. The third-order valence-electron chi connectivity index (χ3n) is 8.40. The third-order valence-corrected chi connectivity index (χ3v) is 12.9. The lowest BCUT2D eigenvalue weighted by molar-refractivity contribution is 0.0362. The van der Waals surface area contributed by atoms with Crippen LogP contribution in [0.2, 0.25) is 18.1 Å². The first-order valence-electron chi connectivity index (χ1n) is 9.14. The molecule has 5 aliphatic carbocycles. The van der Waals surface area contributed by atoms with Gasteiger partial charge >= 0.3 is 0 Å². The van der Waals surface area contributed by atoms with Crippen molar-refractivity contribution in [3.05, 3.63) is 12.2 Å². The molecule has 4 bridgehead atoms. The highest BCUT2D eigenvalue weighted by Gasteiger charge is 2.91. The van der Waals surface area contributed by atoms with Gasteiger partial charge in [-0.3, -0.25) is 0 Å². The zero-order chi connectivity index (χ0) is 16.0. The van der Waals surface area contributed by atoms with Gasteiger partial charge in [-0.15, -0.1) is 0 Å². The minimum atomic E-state index is -1.75. The summed E-state index contributed by atoms with van der Waals surface area (Å²) >= 11 is 0. The lowest BCUT2D eigenvalue weighted by Gasteiger charge is -2.44. The molecular weight excluding hydrogens is 288 g/mol. The van der Waals surface area contributed by atoms with Crippen molar-refractivity contribution >= 4 is 8.32 Å². The third kappa shape index (κ3) is 1.41. The summed E-state index contributed by atoms with van der Waals surface area (Å²) in [5, 5.41) is 10.6. The summed E-state index contributed by atoms with van der Waals surface area (Å²) in [7, 11) is -1.75. The molecule has 5 rings (SSSR count). The molecule has 3 fully saturated rings. The normalized spacial score (nSPS) is 49.2. The number of hydrogen-bond acceptors (Lipinski definition) is 2. The summed E-state index contributed by atoms with van der Waals surface area (Å²) in [6.45, 7) is 12.1. The van der Waals surface area contributed by atoms with E-state index in [-0.39, 0.29) is 15.9 Å². The van der Waals surface area contributed by atoms with Crippen molar-refractivity contribution in [1.29, 1.82) is 0 Å². The highest BCUT2D eigenvalue weighted by atomic mass is 28.4. The first-order valence-corrected chi connectivity index (χ1v) is 12.0. The molecule has 0 saturated heterocycles. The second-order valence-electron chi connectivity index (χ2n) is 9.97. The molecule has 2 nitrogen and oxygen atoms in total. The Balaban J connectivity index is 1.71. The summed E-state index contributed by atoms with van der Waals surface area (Å²) < 4.78 is 6.97. The Morgan fingerprint density at radius 2 is 2.00 bits per heavy atom. The van der Waals surface area contributed by atoms with E-state index < -0.39 is 8.32 Å². The van der Waals surface area contributed by atoms with E-state index in [1.165, 1.54) is 32.1 Å². The van der Waals surface area contributed by atoms with Gasteiger partial charge in [-0.05, 0) is 55.1 Å². The number of hydrogen-bond donors (Lipinski definition) is 1. The maximum absolute atomic E-state index is 10.3. The van der Waals surface area contributed by atoms with Crippen LogP contribution in [0, 0.1) is 22.2 Å². The molecular formula is C19H32O2Si. The summed E-state index contributed by atoms with van der Waals surface area (Å²) in [5.74, 6) is 0.747. The topological polar surface area (TPSA) is 29.5 Å². The van der Waals surface area contributed by atoms with Gasteiger partial charge in [0.2, 0.25) is 0 Å². The molecule has 0 heterocycles. The quantitative estimate of drug-likeness (QED) is 0.612. The fourth-order valence-electron chi connectivity index (χ4n) is 6.48. The SMILES string of the molecule is CC(C)(C)[Si](C)(C)O[C@H]1CCC[C@]23C[C@@H]4C=C[C@@]2(CO)[C@]13C4. The first kappa shape index (κ1) is 15.4. The smallest absolute Gasteiger partial charge is 0.192 e. The maximum atomic E-state index is 10.3. The van der Waals surface area contributed by atoms with Gasteiger partial charge in [0.25, 0.3) is 0 Å². The largest absolute Gasteiger partial charge is 0.413 e. The predicted molar refractivity (Wildman–Crippen MR) is 92.2 cm³/mol. The summed E-state index contributed by atoms with van der Waals surface area (Å²) in [4.78, 5) is 0. The van der Waals surface area contributed by atoms with Gasteiger partial charge < -0.3 is 9.53 Å². The molecule has 3 heteroatoms. The molecule has 3 saturated carbocycles. The van der Waals surface area contributed by atoms with Gasteiger partial charge in [-0.1, -0.05) is 39.3 Å². The average molecular weight is 321 g/mol. The number of allylic oxidation sites excluding steroid dienone is 1. The Morgan fingerprint density at radius 1 is 1.27 bits per heavy atom. The van der Waals surface area contributed by atoms with Crippen LogP contribution in [0.15, 0.2) is 12.2 Å². The van der Waals surface area contributed by atoms with Crippen molar-refractivity contribution in [2.24, 2.45) is 22.2 Å². The van der Waals surface area contributed by atoms with Crippen LogP contribution < -0.4 is 0 Å². The molecule has 124 valence electrons. The van der Waals surface area contributed by atoms with Crippen LogP contribution in [-0.2, 0) is 4.43 Å². The lowest BCUT2D eigenvalue weighted by atomic mass is 9.75. The van der Waals surface area contributed by atoms with E-state index in [9.17, 15) is 5.11 Å². The van der Waals surface area contributed by atoms with Crippen LogP contribution in [0.1, 0.15) is 52.9 Å². The van der Waals surface area contributed by atoms with E-state index >= 15 is 0 Å². The van der Waals surface area contributed by atoms with Gasteiger partial charge in [0.05, 0.1) is 12.7 Å². The van der Waals surface area contributed by atoms with E-state index in [1.807, 2.05) is 0 Å². The van der Waals surface area contributed by atoms with E-state index in [0.29, 0.717) is 18.1 Å². The molecule has 5 atom stereocenters. The molecule has 0 aromatic rings. The van der Waals surface area contributed by atoms with Crippen LogP contribution in [0.5, 0.6) is 0 Å². The fourth-order valence-corrected chi connectivity index (χ4v) is 7.86. The van der Waals surface area contributed by atoms with Crippen LogP contribution in [0.25, 0.3) is 0 Å². The molecule has 22 heavy (non-hydrogen) atoms. The van der Waals surface area contributed by atoms with Gasteiger partial charge in [0.15, 0.2) is 8.32 Å². The second kappa shape index (κ2) is 4.10. The average Bonchev–Trinajstić information content (AvgIpc) is 2.81. The van der Waals surface area contributed by atoms with Crippen molar-refractivity contribution in [3.8, 4) is 0 Å². The molecule has 0 radical (unpaired) electrons. The highest BCUT2D eigenvalue weighted by molar-refractivity contribution is 6.74. The zero-order valence-electron chi connectivity index (χ0n) is 14.9. The minimum Gasteiger partial charge on any atom is -0.413 e. The molecule has 1 N–H and O–H groups in total. The van der Waals surface area contributed by atoms with Gasteiger partial charge in [-0.25, -0.2) is 0 Å². The van der Waals surface area contributed by atoms with Crippen molar-refractivity contribution in [1.82, 2.24) is 0 Å². The van der Waals surface area contributed by atoms with E-state index in [0.717, 1.165) is 5.92 Å². The van der Waals surface area contributed by atoms with Gasteiger partial charge in [-0.2, -0.15) is 0 Å². The van der Waals surface area contributed by atoms with Crippen LogP contribution in [0.4, 0.5) is 0 Å². The monoisotopic (exact) mass is 320 g/mol. The number of rotatable bonds is 3. The first-order chi connectivity index (χ1) is 10.2. The van der Waals surface area contributed by atoms with E-state index in [1.54, 1.807) is 0 Å². The molecule has 0 aromatic heterocycles. The van der Waals surface area contributed by atoms with Crippen LogP contribution >= 0.6 is 0 Å². The maximum Gasteiger partial charge on any atom is 0.192 e. The van der Waals surface area contributed by atoms with Gasteiger partial charge in [0.1, 0.15) is 0 Å². The molecule has 0 amide bonds. The van der Waals surface area contributed by atoms with Crippen LogP contribution in [0.3, 0.4) is 0 Å². The van der Waals surface area contributed by atoms with Crippen molar-refractivity contribution in [3.63, 3.8) is 0 Å². The Morgan fingerprint density at radius 3 is 2.64 bits per heavy atom. The fraction of sp³-hybridized carbons (Fsp3) is 0.895. The Labute approximate surface area is 136 Å². The van der Waals surface area contributed by atoms with E-state index in [2.05, 4.69) is 46.0 Å². The highest BCUT2D eigenvalue weighted by Crippen LogP contribution is 2.93. The lowest BCUT2D eigenvalue weighted by Crippen LogP contribution is -2.48. The Bertz CT molecular complexity index is 534. The molecule has 0 aliphatic heterocycles. The van der Waals surface area contributed by atoms with Crippen LogP contribution in [-0.4, -0.2) is 26.1 Å². The second-order valence-corrected chi connectivity index (χ2v) is 14.7. The minimum absolute atomic E-state index is 0.0539. The Hall–Kier alpha value is -0.123. The molecule has 0 aromatic carbocycles. The summed E-state index contributed by atoms with van der Waals surface area (Å²) in [6, 6.07) is 0. The van der Waals surface area contributed by atoms with Crippen molar-refractivity contribution in [2.75, 3.05) is 6.61 Å². The molecule has 2 spiro atoms. The standard InChI is InChI=1S/C19H32O2Si/c1-16(2,3)22(4,5)21-15-7-6-9-17-11-14-8-10-18(17,13-20)19(15,17)12-14/h8,10,14-15,20H,6-7,9,11-13H2,1-5H3/t14-,15-,17-,18-,19+/m0/s1. The Kier molecular flexibility index (Phi) is 2.87. The zero-order valence-corrected chi connectivity index (χ0v) is 15.9. The number of aliphatic hydroxyl groups excluding tert-OH is 1. The summed E-state index contributed by atoms with van der Waals surface area (Å²) in [6.07, 6.45) is 11.5. The van der Waals surface area contributed by atoms with Crippen molar-refractivity contribution < 1.29 is 9.53 Å².